The number of benzene rings is 2. The first-order chi connectivity index (χ1) is 17.4. The van der Waals surface area contributed by atoms with Gasteiger partial charge in [0, 0.05) is 13.0 Å². The average molecular weight is 492 g/mol. The molecule has 2 aromatic carbocycles. The van der Waals surface area contributed by atoms with Crippen LogP contribution in [-0.4, -0.2) is 48.5 Å². The van der Waals surface area contributed by atoms with Crippen molar-refractivity contribution in [1.82, 2.24) is 15.5 Å². The zero-order valence-electron chi connectivity index (χ0n) is 20.2. The fourth-order valence-electron chi connectivity index (χ4n) is 4.51. The second-order valence-electron chi connectivity index (χ2n) is 8.70. The summed E-state index contributed by atoms with van der Waals surface area (Å²) >= 11 is 0. The number of nitrogens with zero attached hydrogens (tertiary/aromatic N) is 1. The molecule has 0 spiro atoms. The Morgan fingerprint density at radius 3 is 2.36 bits per heavy atom. The van der Waals surface area contributed by atoms with E-state index < -0.39 is 29.9 Å². The number of rotatable bonds is 8. The first-order valence-corrected chi connectivity index (χ1v) is 11.9. The minimum absolute atomic E-state index is 0.0420. The summed E-state index contributed by atoms with van der Waals surface area (Å²) in [5.74, 6) is -1.95. The van der Waals surface area contributed by atoms with E-state index in [0.29, 0.717) is 5.56 Å². The highest BCUT2D eigenvalue weighted by Gasteiger charge is 2.39. The summed E-state index contributed by atoms with van der Waals surface area (Å²) in [6.45, 7) is 3.65. The van der Waals surface area contributed by atoms with E-state index in [9.17, 15) is 19.2 Å². The highest BCUT2D eigenvalue weighted by Crippen LogP contribution is 2.30. The summed E-state index contributed by atoms with van der Waals surface area (Å²) in [5.41, 5.74) is 1.98. The van der Waals surface area contributed by atoms with Gasteiger partial charge in [0.25, 0.3) is 0 Å². The molecule has 9 nitrogen and oxygen atoms in total. The fourth-order valence-corrected chi connectivity index (χ4v) is 4.51. The van der Waals surface area contributed by atoms with Crippen LogP contribution in [0.4, 0.5) is 4.79 Å². The normalized spacial score (nSPS) is 20.4. The van der Waals surface area contributed by atoms with Crippen LogP contribution in [0.25, 0.3) is 0 Å². The van der Waals surface area contributed by atoms with Gasteiger partial charge in [0.05, 0.1) is 35.9 Å². The molecule has 2 aromatic rings. The van der Waals surface area contributed by atoms with Crippen molar-refractivity contribution in [2.45, 2.75) is 32.4 Å². The minimum atomic E-state index is -0.761. The van der Waals surface area contributed by atoms with Gasteiger partial charge in [-0.05, 0) is 25.0 Å². The predicted octanol–water partition coefficient (Wildman–Crippen LogP) is 3.01. The lowest BCUT2D eigenvalue weighted by molar-refractivity contribution is -0.148. The summed E-state index contributed by atoms with van der Waals surface area (Å²) in [6, 6.07) is 17.1. The van der Waals surface area contributed by atoms with Gasteiger partial charge in [-0.15, -0.1) is 0 Å². The molecule has 2 aliphatic heterocycles. The van der Waals surface area contributed by atoms with E-state index >= 15 is 0 Å². The molecule has 2 heterocycles. The summed E-state index contributed by atoms with van der Waals surface area (Å²) in [5, 5.41) is 5.32. The third kappa shape index (κ3) is 5.40. The molecule has 2 N–H and O–H groups in total. The Labute approximate surface area is 209 Å². The first kappa shape index (κ1) is 25.0. The van der Waals surface area contributed by atoms with Gasteiger partial charge in [-0.1, -0.05) is 60.7 Å². The quantitative estimate of drug-likeness (QED) is 0.549. The molecule has 4 rings (SSSR count). The summed E-state index contributed by atoms with van der Waals surface area (Å²) in [6.07, 6.45) is 0.0420. The maximum absolute atomic E-state index is 12.9. The number of likely N-dealkylation sites (tertiary alicyclic amines) is 1. The van der Waals surface area contributed by atoms with Gasteiger partial charge in [-0.3, -0.25) is 9.59 Å². The Hall–Kier alpha value is -4.14. The van der Waals surface area contributed by atoms with Crippen molar-refractivity contribution in [3.05, 3.63) is 83.1 Å². The van der Waals surface area contributed by atoms with E-state index in [1.165, 1.54) is 0 Å². The molecule has 0 aliphatic carbocycles. The molecule has 188 valence electrons. The van der Waals surface area contributed by atoms with E-state index in [4.69, 9.17) is 9.47 Å². The third-order valence-electron chi connectivity index (χ3n) is 6.38. The van der Waals surface area contributed by atoms with Crippen LogP contribution in [0.2, 0.25) is 0 Å². The maximum Gasteiger partial charge on any atom is 0.338 e. The van der Waals surface area contributed by atoms with Crippen molar-refractivity contribution in [3.8, 4) is 0 Å². The standard InChI is InChI=1S/C27H29N3O6/c1-3-35-26(33)23-21(28-27(34)29-24(23)19-12-8-5-9-13-19)16-36-25(32)20-14-22(31)30(15-20)17(2)18-10-6-4-7-11-18/h4-13,17,20,24H,3,14-16H2,1-2H3,(H2,28,29,34)/t17-,20-,24+/m1/s1. The SMILES string of the molecule is CCOC(=O)C1=C(COC(=O)[C@@H]2CC(=O)N([C@H](C)c3ccccc3)C2)NC(=O)N[C@H]1c1ccccc1. The number of carbonyl (C=O) groups is 4. The van der Waals surface area contributed by atoms with Crippen LogP contribution in [0.15, 0.2) is 71.9 Å². The van der Waals surface area contributed by atoms with Crippen LogP contribution in [-0.2, 0) is 23.9 Å². The largest absolute Gasteiger partial charge is 0.463 e. The third-order valence-corrected chi connectivity index (χ3v) is 6.38. The highest BCUT2D eigenvalue weighted by atomic mass is 16.5. The van der Waals surface area contributed by atoms with Gasteiger partial charge in [0.1, 0.15) is 6.61 Å². The van der Waals surface area contributed by atoms with Crippen LogP contribution in [0.5, 0.6) is 0 Å². The van der Waals surface area contributed by atoms with Crippen molar-refractivity contribution in [2.75, 3.05) is 19.8 Å². The molecule has 3 atom stereocenters. The number of esters is 2. The maximum atomic E-state index is 12.9. The predicted molar refractivity (Wildman–Crippen MR) is 130 cm³/mol. The first-order valence-electron chi connectivity index (χ1n) is 11.9. The second-order valence-corrected chi connectivity index (χ2v) is 8.70. The molecular formula is C27H29N3O6. The molecule has 1 fully saturated rings. The number of hydrogen-bond acceptors (Lipinski definition) is 6. The topological polar surface area (TPSA) is 114 Å². The molecule has 0 bridgehead atoms. The van der Waals surface area contributed by atoms with Crippen LogP contribution in [0, 0.1) is 5.92 Å². The monoisotopic (exact) mass is 491 g/mol. The lowest BCUT2D eigenvalue weighted by Gasteiger charge is -2.29. The summed E-state index contributed by atoms with van der Waals surface area (Å²) < 4.78 is 10.7. The Morgan fingerprint density at radius 2 is 1.69 bits per heavy atom. The van der Waals surface area contributed by atoms with Crippen molar-refractivity contribution < 1.29 is 28.7 Å². The number of nitrogens with one attached hydrogen (secondary N) is 2. The van der Waals surface area contributed by atoms with Crippen molar-refractivity contribution in [3.63, 3.8) is 0 Å². The fraction of sp³-hybridized carbons (Fsp3) is 0.333. The molecular weight excluding hydrogens is 462 g/mol. The Morgan fingerprint density at radius 1 is 1.03 bits per heavy atom. The van der Waals surface area contributed by atoms with Gasteiger partial charge < -0.3 is 25.0 Å². The van der Waals surface area contributed by atoms with E-state index in [1.54, 1.807) is 36.1 Å². The number of hydrogen-bond donors (Lipinski definition) is 2. The van der Waals surface area contributed by atoms with Crippen LogP contribution in [0.3, 0.4) is 0 Å². The molecule has 2 aliphatic rings. The number of urea groups is 1. The molecule has 36 heavy (non-hydrogen) atoms. The molecule has 0 unspecified atom stereocenters. The molecule has 9 heteroatoms. The van der Waals surface area contributed by atoms with Gasteiger partial charge in [-0.25, -0.2) is 9.59 Å². The van der Waals surface area contributed by atoms with Crippen LogP contribution in [0.1, 0.15) is 43.5 Å². The zero-order chi connectivity index (χ0) is 25.7. The van der Waals surface area contributed by atoms with E-state index in [-0.39, 0.29) is 49.4 Å². The molecule has 1 saturated heterocycles. The summed E-state index contributed by atoms with van der Waals surface area (Å²) in [7, 11) is 0. The van der Waals surface area contributed by atoms with E-state index in [1.807, 2.05) is 43.3 Å². The van der Waals surface area contributed by atoms with E-state index in [2.05, 4.69) is 10.6 Å². The number of carbonyl (C=O) groups excluding carboxylic acids is 4. The highest BCUT2D eigenvalue weighted by molar-refractivity contribution is 5.95. The number of amides is 3. The van der Waals surface area contributed by atoms with E-state index in [0.717, 1.165) is 5.56 Å². The molecule has 0 radical (unpaired) electrons. The van der Waals surface area contributed by atoms with Gasteiger partial charge in [0.2, 0.25) is 5.91 Å². The molecule has 3 amide bonds. The molecule has 0 aromatic heterocycles. The van der Waals surface area contributed by atoms with Crippen molar-refractivity contribution in [2.24, 2.45) is 5.92 Å². The van der Waals surface area contributed by atoms with Gasteiger partial charge >= 0.3 is 18.0 Å². The Bertz CT molecular complexity index is 1160. The molecule has 0 saturated carbocycles. The van der Waals surface area contributed by atoms with Crippen LogP contribution < -0.4 is 10.6 Å². The van der Waals surface area contributed by atoms with Gasteiger partial charge in [-0.2, -0.15) is 0 Å². The number of ether oxygens (including phenoxy) is 2. The summed E-state index contributed by atoms with van der Waals surface area (Å²) in [4.78, 5) is 52.4. The average Bonchev–Trinajstić information content (AvgIpc) is 3.29. The van der Waals surface area contributed by atoms with Crippen molar-refractivity contribution >= 4 is 23.9 Å². The van der Waals surface area contributed by atoms with Gasteiger partial charge in [0.15, 0.2) is 0 Å². The van der Waals surface area contributed by atoms with Crippen molar-refractivity contribution in [1.29, 1.82) is 0 Å². The smallest absolute Gasteiger partial charge is 0.338 e. The Kier molecular flexibility index (Phi) is 7.68. The second kappa shape index (κ2) is 11.1. The Balaban J connectivity index is 1.49. The lowest BCUT2D eigenvalue weighted by atomic mass is 9.95. The lowest BCUT2D eigenvalue weighted by Crippen LogP contribution is -2.47. The van der Waals surface area contributed by atoms with Crippen LogP contribution >= 0.6 is 0 Å². The minimum Gasteiger partial charge on any atom is -0.463 e. The zero-order valence-corrected chi connectivity index (χ0v) is 20.2.